The lowest BCUT2D eigenvalue weighted by Crippen LogP contribution is -2.34. The van der Waals surface area contributed by atoms with Gasteiger partial charge in [-0.2, -0.15) is 0 Å². The highest BCUT2D eigenvalue weighted by atomic mass is 16.6. The van der Waals surface area contributed by atoms with E-state index in [4.69, 9.17) is 14.2 Å². The Hall–Kier alpha value is -4.47. The molecule has 3 aromatic carbocycles. The van der Waals surface area contributed by atoms with Gasteiger partial charge in [-0.3, -0.25) is 0 Å². The van der Waals surface area contributed by atoms with Crippen LogP contribution >= 0.6 is 0 Å². The SMILES string of the molecule is COc1cc([C@H]2Oc3cc(O)cc(O)c3C[C@@H]2OC(=O)c2cc(O)c(O)c(O)c2)ccc1O. The van der Waals surface area contributed by atoms with Crippen LogP contribution in [0.4, 0.5) is 0 Å². The number of phenolic OH excluding ortho intramolecular Hbond substituents is 6. The smallest absolute Gasteiger partial charge is 0.338 e. The zero-order valence-corrected chi connectivity index (χ0v) is 17.2. The first-order chi connectivity index (χ1) is 15.7. The molecule has 0 saturated heterocycles. The van der Waals surface area contributed by atoms with E-state index in [2.05, 4.69) is 0 Å². The fourth-order valence-electron chi connectivity index (χ4n) is 3.63. The van der Waals surface area contributed by atoms with Crippen LogP contribution in [0, 0.1) is 0 Å². The first kappa shape index (κ1) is 21.8. The summed E-state index contributed by atoms with van der Waals surface area (Å²) in [6, 6.07) is 8.71. The van der Waals surface area contributed by atoms with Gasteiger partial charge in [-0.25, -0.2) is 4.79 Å². The van der Waals surface area contributed by atoms with Gasteiger partial charge in [0.15, 0.2) is 34.9 Å². The minimum atomic E-state index is -1.01. The first-order valence-corrected chi connectivity index (χ1v) is 9.72. The molecule has 6 N–H and O–H groups in total. The van der Waals surface area contributed by atoms with E-state index in [9.17, 15) is 35.4 Å². The molecule has 0 unspecified atom stereocenters. The Labute approximate surface area is 187 Å². The molecule has 0 amide bonds. The zero-order valence-electron chi connectivity index (χ0n) is 17.2. The summed E-state index contributed by atoms with van der Waals surface area (Å²) in [7, 11) is 1.37. The molecule has 0 bridgehead atoms. The summed E-state index contributed by atoms with van der Waals surface area (Å²) in [4.78, 5) is 12.8. The van der Waals surface area contributed by atoms with Crippen molar-refractivity contribution in [2.45, 2.75) is 18.6 Å². The van der Waals surface area contributed by atoms with E-state index in [1.54, 1.807) is 0 Å². The summed E-state index contributed by atoms with van der Waals surface area (Å²) in [6.45, 7) is 0. The van der Waals surface area contributed by atoms with Crippen molar-refractivity contribution in [1.29, 1.82) is 0 Å². The summed E-state index contributed by atoms with van der Waals surface area (Å²) in [5.41, 5.74) is 0.530. The summed E-state index contributed by atoms with van der Waals surface area (Å²) < 4.78 is 16.7. The molecule has 0 aromatic heterocycles. The average Bonchev–Trinajstić information content (AvgIpc) is 2.77. The molecule has 0 fully saturated rings. The molecule has 1 aliphatic rings. The van der Waals surface area contributed by atoms with E-state index in [1.165, 1.54) is 31.4 Å². The van der Waals surface area contributed by atoms with E-state index < -0.39 is 35.4 Å². The summed E-state index contributed by atoms with van der Waals surface area (Å²) in [5, 5.41) is 58.9. The van der Waals surface area contributed by atoms with Crippen LogP contribution < -0.4 is 9.47 Å². The molecule has 0 aliphatic carbocycles. The molecule has 33 heavy (non-hydrogen) atoms. The quantitative estimate of drug-likeness (QED) is 0.254. The maximum atomic E-state index is 12.8. The second kappa shape index (κ2) is 8.23. The van der Waals surface area contributed by atoms with Crippen LogP contribution in [0.15, 0.2) is 42.5 Å². The summed E-state index contributed by atoms with van der Waals surface area (Å²) >= 11 is 0. The van der Waals surface area contributed by atoms with E-state index in [1.807, 2.05) is 0 Å². The molecule has 1 heterocycles. The van der Waals surface area contributed by atoms with E-state index >= 15 is 0 Å². The molecule has 10 nitrogen and oxygen atoms in total. The highest BCUT2D eigenvalue weighted by Crippen LogP contribution is 2.44. The van der Waals surface area contributed by atoms with Gasteiger partial charge in [-0.15, -0.1) is 0 Å². The Bertz CT molecular complexity index is 1210. The van der Waals surface area contributed by atoms with Crippen molar-refractivity contribution >= 4 is 5.97 Å². The van der Waals surface area contributed by atoms with Crippen molar-refractivity contribution in [2.24, 2.45) is 0 Å². The van der Waals surface area contributed by atoms with Crippen LogP contribution in [0.3, 0.4) is 0 Å². The molecule has 2 atom stereocenters. The second-order valence-corrected chi connectivity index (χ2v) is 7.42. The molecule has 10 heteroatoms. The Kier molecular flexibility index (Phi) is 5.42. The molecule has 4 rings (SSSR count). The molecule has 0 saturated carbocycles. The molecule has 0 radical (unpaired) electrons. The number of rotatable bonds is 4. The maximum absolute atomic E-state index is 12.8. The highest BCUT2D eigenvalue weighted by molar-refractivity contribution is 5.91. The Morgan fingerprint density at radius 3 is 2.27 bits per heavy atom. The molecule has 1 aliphatic heterocycles. The lowest BCUT2D eigenvalue weighted by atomic mass is 9.93. The van der Waals surface area contributed by atoms with Gasteiger partial charge in [0.1, 0.15) is 23.4 Å². The topological polar surface area (TPSA) is 166 Å². The van der Waals surface area contributed by atoms with Crippen LogP contribution in [0.5, 0.6) is 46.0 Å². The van der Waals surface area contributed by atoms with Crippen LogP contribution in [0.2, 0.25) is 0 Å². The molecule has 0 spiro atoms. The predicted molar refractivity (Wildman–Crippen MR) is 112 cm³/mol. The van der Waals surface area contributed by atoms with Gasteiger partial charge in [0.05, 0.1) is 12.7 Å². The average molecular weight is 456 g/mol. The maximum Gasteiger partial charge on any atom is 0.338 e. The number of methoxy groups -OCH3 is 1. The Balaban J connectivity index is 1.73. The molecule has 3 aromatic rings. The third-order valence-electron chi connectivity index (χ3n) is 5.26. The largest absolute Gasteiger partial charge is 0.508 e. The molecular weight excluding hydrogens is 436 g/mol. The number of carbonyl (C=O) groups is 1. The number of phenols is 6. The number of hydrogen-bond acceptors (Lipinski definition) is 10. The van der Waals surface area contributed by atoms with Gasteiger partial charge in [0.25, 0.3) is 0 Å². The van der Waals surface area contributed by atoms with Crippen molar-refractivity contribution in [3.63, 3.8) is 0 Å². The number of esters is 1. The van der Waals surface area contributed by atoms with Crippen molar-refractivity contribution in [3.8, 4) is 46.0 Å². The standard InChI is InChI=1S/C23H20O10/c1-31-19-6-10(2-3-14(19)25)22-20(9-13-15(26)7-12(24)8-18(13)32-22)33-23(30)11-4-16(27)21(29)17(28)5-11/h2-8,20,22,24-29H,9H2,1H3/t20-,22+/m0/s1. The molecule has 172 valence electrons. The summed E-state index contributed by atoms with van der Waals surface area (Å²) in [5.74, 6) is -3.40. The lowest BCUT2D eigenvalue weighted by Gasteiger charge is -2.34. The van der Waals surface area contributed by atoms with Gasteiger partial charge in [0.2, 0.25) is 0 Å². The Morgan fingerprint density at radius 2 is 1.61 bits per heavy atom. The number of aromatic hydroxyl groups is 6. The fourth-order valence-corrected chi connectivity index (χ4v) is 3.63. The fraction of sp³-hybridized carbons (Fsp3) is 0.174. The van der Waals surface area contributed by atoms with Gasteiger partial charge >= 0.3 is 5.97 Å². The number of ether oxygens (including phenoxy) is 3. The van der Waals surface area contributed by atoms with E-state index in [0.717, 1.165) is 18.2 Å². The molecular formula is C23H20O10. The van der Waals surface area contributed by atoms with E-state index in [0.29, 0.717) is 11.1 Å². The van der Waals surface area contributed by atoms with Crippen LogP contribution in [-0.4, -0.2) is 49.8 Å². The third-order valence-corrected chi connectivity index (χ3v) is 5.26. The number of hydrogen-bond donors (Lipinski definition) is 6. The Morgan fingerprint density at radius 1 is 0.909 bits per heavy atom. The van der Waals surface area contributed by atoms with Gasteiger partial charge < -0.3 is 44.8 Å². The first-order valence-electron chi connectivity index (χ1n) is 9.72. The van der Waals surface area contributed by atoms with Crippen molar-refractivity contribution < 1.29 is 49.6 Å². The highest BCUT2D eigenvalue weighted by Gasteiger charge is 2.37. The van der Waals surface area contributed by atoms with Crippen LogP contribution in [0.1, 0.15) is 27.6 Å². The lowest BCUT2D eigenvalue weighted by molar-refractivity contribution is -0.0189. The minimum Gasteiger partial charge on any atom is -0.508 e. The van der Waals surface area contributed by atoms with Gasteiger partial charge in [-0.1, -0.05) is 6.07 Å². The normalized spacial score (nSPS) is 17.0. The predicted octanol–water partition coefficient (Wildman–Crippen LogP) is 2.83. The van der Waals surface area contributed by atoms with Gasteiger partial charge in [0, 0.05) is 29.7 Å². The van der Waals surface area contributed by atoms with Crippen LogP contribution in [-0.2, 0) is 11.2 Å². The zero-order chi connectivity index (χ0) is 23.9. The van der Waals surface area contributed by atoms with Crippen molar-refractivity contribution in [2.75, 3.05) is 7.11 Å². The monoisotopic (exact) mass is 456 g/mol. The number of benzene rings is 3. The number of carbonyl (C=O) groups excluding carboxylic acids is 1. The van der Waals surface area contributed by atoms with Crippen molar-refractivity contribution in [1.82, 2.24) is 0 Å². The third kappa shape index (κ3) is 4.05. The van der Waals surface area contributed by atoms with Crippen LogP contribution in [0.25, 0.3) is 0 Å². The summed E-state index contributed by atoms with van der Waals surface area (Å²) in [6.07, 6.45) is -1.94. The van der Waals surface area contributed by atoms with Gasteiger partial charge in [-0.05, 0) is 24.3 Å². The number of fused-ring (bicyclic) bond motifs is 1. The second-order valence-electron chi connectivity index (χ2n) is 7.42. The minimum absolute atomic E-state index is 0.00288. The van der Waals surface area contributed by atoms with E-state index in [-0.39, 0.29) is 40.7 Å². The van der Waals surface area contributed by atoms with Crippen molar-refractivity contribution in [3.05, 3.63) is 59.2 Å².